The maximum atomic E-state index is 14.2. The minimum atomic E-state index is -0.623. The molecule has 0 fully saturated rings. The highest BCUT2D eigenvalue weighted by Gasteiger charge is 2.39. The summed E-state index contributed by atoms with van der Waals surface area (Å²) < 4.78 is 68.4. The van der Waals surface area contributed by atoms with E-state index in [9.17, 15) is 45.9 Å². The van der Waals surface area contributed by atoms with Gasteiger partial charge in [-0.25, -0.2) is 71.8 Å². The Balaban J connectivity index is 0.000000123. The molecule has 5 aromatic carbocycles. The van der Waals surface area contributed by atoms with Crippen LogP contribution in [0.5, 0.6) is 0 Å². The van der Waals surface area contributed by atoms with Crippen LogP contribution in [0.1, 0.15) is 172 Å². The molecule has 30 nitrogen and oxygen atoms in total. The average Bonchev–Trinajstić information content (AvgIpc) is 1.78. The quantitative estimate of drug-likeness (QED) is 0.0794. The molecule has 5 N–H and O–H groups in total. The molecule has 10 aromatic heterocycles. The van der Waals surface area contributed by atoms with Crippen LogP contribution in [0.3, 0.4) is 0 Å². The van der Waals surface area contributed by atoms with Crippen molar-refractivity contribution < 1.29 is 45.9 Å². The van der Waals surface area contributed by atoms with E-state index >= 15 is 0 Å². The Morgan fingerprint density at radius 2 is 0.481 bits per heavy atom. The van der Waals surface area contributed by atoms with Gasteiger partial charge in [-0.05, 0) is 223 Å². The van der Waals surface area contributed by atoms with Gasteiger partial charge in [0.2, 0.25) is 0 Å². The summed E-state index contributed by atoms with van der Waals surface area (Å²) in [7, 11) is 0. The van der Waals surface area contributed by atoms with Gasteiger partial charge in [-0.15, -0.1) is 0 Å². The Kier molecular flexibility index (Phi) is 27.9. The number of nitrogens with one attached hydrogen (secondary N) is 5. The van der Waals surface area contributed by atoms with Gasteiger partial charge in [-0.2, -0.15) is 25.5 Å². The average molecular weight is 1930 g/mol. The van der Waals surface area contributed by atoms with Gasteiger partial charge < -0.3 is 24.5 Å². The van der Waals surface area contributed by atoms with Crippen LogP contribution in [0.25, 0.3) is 56.9 Å². The first-order valence-corrected chi connectivity index (χ1v) is 44.7. The lowest BCUT2D eigenvalue weighted by Crippen LogP contribution is -2.43. The Bertz CT molecular complexity index is 6070. The van der Waals surface area contributed by atoms with Crippen molar-refractivity contribution in [2.24, 2.45) is 0 Å². The summed E-state index contributed by atoms with van der Waals surface area (Å²) in [4.78, 5) is 119. The molecule has 5 amide bonds. The van der Waals surface area contributed by atoms with Crippen molar-refractivity contribution in [1.82, 2.24) is 125 Å². The number of carbonyl (C=O) groups is 5. The second-order valence-electron chi connectivity index (χ2n) is 33.1. The number of carbonyl (C=O) groups excluding carboxylic acids is 5. The molecule has 5 aliphatic heterocycles. The molecule has 5 atom stereocenters. The van der Waals surface area contributed by atoms with E-state index in [1.54, 1.807) is 55.5 Å². The molecule has 0 spiro atoms. The van der Waals surface area contributed by atoms with Crippen LogP contribution >= 0.6 is 58.0 Å². The van der Waals surface area contributed by atoms with Crippen molar-refractivity contribution in [3.05, 3.63) is 320 Å². The number of aromatic nitrogens is 20. The second kappa shape index (κ2) is 40.0. The molecule has 0 radical (unpaired) electrons. The van der Waals surface area contributed by atoms with Gasteiger partial charge in [0.25, 0.3) is 29.5 Å². The first-order chi connectivity index (χ1) is 64.7. The molecule has 15 heterocycles. The molecule has 0 saturated heterocycles. The lowest BCUT2D eigenvalue weighted by atomic mass is 9.95. The lowest BCUT2D eigenvalue weighted by molar-refractivity contribution is 0.0641. The summed E-state index contributed by atoms with van der Waals surface area (Å²) in [6, 6.07) is 28.4. The monoisotopic (exact) mass is 1930 g/mol. The minimum Gasteiger partial charge on any atom is -0.330 e. The third-order valence-corrected chi connectivity index (χ3v) is 25.1. The highest BCUT2D eigenvalue weighted by Crippen LogP contribution is 2.39. The molecule has 1 unspecified atom stereocenters. The first kappa shape index (κ1) is 94.2. The smallest absolute Gasteiger partial charge is 0.257 e. The molecule has 5 aliphatic rings. The molecule has 15 aromatic rings. The number of hydrogen-bond donors (Lipinski definition) is 5. The van der Waals surface area contributed by atoms with E-state index in [1.165, 1.54) is 60.7 Å². The number of rotatable bonds is 10. The van der Waals surface area contributed by atoms with E-state index < -0.39 is 29.1 Å². The molecule has 135 heavy (non-hydrogen) atoms. The molecule has 20 rings (SSSR count). The second-order valence-corrected chi connectivity index (χ2v) is 35.2. The number of aryl methyl sites for hydroxylation is 5. The molecule has 0 saturated carbocycles. The fraction of sp³-hybridized carbons (Fsp3) is 0.263. The van der Waals surface area contributed by atoms with Gasteiger partial charge in [0.15, 0.2) is 0 Å². The molecule has 690 valence electrons. The Morgan fingerprint density at radius 3 is 0.667 bits per heavy atom. The normalized spacial score (nSPS) is 16.3. The standard InChI is InChI=1S/5C19H17ClFN5O/c3*1-10-7-14-17(23-11(2)24-18(14)16-5-6-22-25-16)9-26(10)19(27)13-4-3-12(21)8-15(13)20;2*1-10-7-14-17(23-11(2)24-18(14)16-5-6-22-25-16)9-26(10)19(27)13-4-3-12(20)8-15(13)21/h5*3-6,8,10H,7,9H2,1-2H3,(H,22,25)/t2*10-;;2*10-/m10.10/s1. The van der Waals surface area contributed by atoms with Gasteiger partial charge in [-0.3, -0.25) is 49.5 Å². The van der Waals surface area contributed by atoms with Crippen LogP contribution in [-0.2, 0) is 64.8 Å². The zero-order valence-corrected chi connectivity index (χ0v) is 77.9. The largest absolute Gasteiger partial charge is 0.330 e. The van der Waals surface area contributed by atoms with Crippen LogP contribution in [0, 0.1) is 63.7 Å². The number of amides is 5. The molecule has 40 heteroatoms. The lowest BCUT2D eigenvalue weighted by Gasteiger charge is -2.35. The number of hydrogen-bond acceptors (Lipinski definition) is 20. The molecule has 0 bridgehead atoms. The van der Waals surface area contributed by atoms with Gasteiger partial charge >= 0.3 is 0 Å². The third kappa shape index (κ3) is 20.4. The Hall–Kier alpha value is -14.0. The van der Waals surface area contributed by atoms with E-state index in [2.05, 4.69) is 101 Å². The number of nitrogens with zero attached hydrogens (tertiary/aromatic N) is 20. The number of H-pyrrole nitrogens is 5. The van der Waals surface area contributed by atoms with Crippen molar-refractivity contribution >= 4 is 87.5 Å². The highest BCUT2D eigenvalue weighted by atomic mass is 35.5. The molecule has 0 aliphatic carbocycles. The van der Waals surface area contributed by atoms with E-state index in [4.69, 9.17) is 58.0 Å². The van der Waals surface area contributed by atoms with Gasteiger partial charge in [0, 0.05) is 99.1 Å². The Morgan fingerprint density at radius 1 is 0.281 bits per heavy atom. The van der Waals surface area contributed by atoms with Gasteiger partial charge in [0.1, 0.15) is 58.2 Å². The fourth-order valence-electron chi connectivity index (χ4n) is 17.1. The summed E-state index contributed by atoms with van der Waals surface area (Å²) in [6.45, 7) is 20.5. The zero-order chi connectivity index (χ0) is 95.6. The van der Waals surface area contributed by atoms with Crippen molar-refractivity contribution in [3.8, 4) is 56.9 Å². The van der Waals surface area contributed by atoms with E-state index in [0.717, 1.165) is 144 Å². The number of aromatic amines is 5. The molecular formula is C95H85Cl5F5N25O5. The molecular weight excluding hydrogens is 1840 g/mol. The minimum absolute atomic E-state index is 0.00858. The van der Waals surface area contributed by atoms with Crippen LogP contribution in [-0.4, -0.2) is 185 Å². The summed E-state index contributed by atoms with van der Waals surface area (Å²) >= 11 is 29.8. The predicted octanol–water partition coefficient (Wildman–Crippen LogP) is 17.8. The van der Waals surface area contributed by atoms with E-state index in [1.807, 2.05) is 99.6 Å². The first-order valence-electron chi connectivity index (χ1n) is 42.8. The fourth-order valence-corrected chi connectivity index (χ4v) is 18.2. The summed E-state index contributed by atoms with van der Waals surface area (Å²) in [5.41, 5.74) is 17.9. The predicted molar refractivity (Wildman–Crippen MR) is 494 cm³/mol. The number of benzene rings is 5. The van der Waals surface area contributed by atoms with E-state index in [-0.39, 0.29) is 113 Å². The van der Waals surface area contributed by atoms with E-state index in [0.29, 0.717) is 93.9 Å². The van der Waals surface area contributed by atoms with Crippen molar-refractivity contribution in [1.29, 1.82) is 0 Å². The van der Waals surface area contributed by atoms with Crippen LogP contribution in [0.4, 0.5) is 22.0 Å². The van der Waals surface area contributed by atoms with Crippen LogP contribution in [0.15, 0.2) is 152 Å². The Labute approximate surface area is 794 Å². The number of halogens is 10. The van der Waals surface area contributed by atoms with Gasteiger partial charge in [0.05, 0.1) is 161 Å². The summed E-state index contributed by atoms with van der Waals surface area (Å²) in [5.74, 6) is -1.03. The van der Waals surface area contributed by atoms with Crippen molar-refractivity contribution in [2.45, 2.75) is 164 Å². The van der Waals surface area contributed by atoms with Gasteiger partial charge in [-0.1, -0.05) is 58.0 Å². The SMILES string of the molecule is Cc1nc2c(c(-c3ccn[nH]3)n1)CC(C)N(C(=O)c1ccc(F)cc1Cl)C2.Cc1nc2c(c(-c3ccn[nH]3)n1)C[C@@H](C)N(C(=O)c1ccc(Cl)cc1F)C2.Cc1nc2c(c(-c3ccn[nH]3)n1)C[C@@H](C)N(C(=O)c1ccc(F)cc1Cl)C2.Cc1nc2c(c(-c3ccn[nH]3)n1)C[C@H](C)N(C(=O)c1ccc(Cl)cc1F)C2.Cc1nc2c(c(-c3ccn[nH]3)n1)C[C@H](C)N(C(=O)c1ccc(F)cc1Cl)C2. The highest BCUT2D eigenvalue weighted by molar-refractivity contribution is 6.35. The maximum Gasteiger partial charge on any atom is 0.257 e. The summed E-state index contributed by atoms with van der Waals surface area (Å²) in [6.07, 6.45) is 11.3. The summed E-state index contributed by atoms with van der Waals surface area (Å²) in [5, 5.41) is 35.5. The third-order valence-electron chi connectivity index (χ3n) is 23.7. The zero-order valence-electron chi connectivity index (χ0n) is 74.2. The topological polar surface area (TPSA) is 374 Å². The van der Waals surface area contributed by atoms with Crippen molar-refractivity contribution in [3.63, 3.8) is 0 Å². The maximum absolute atomic E-state index is 14.2. The van der Waals surface area contributed by atoms with Crippen LogP contribution < -0.4 is 0 Å². The van der Waals surface area contributed by atoms with Crippen molar-refractivity contribution in [2.75, 3.05) is 0 Å². The number of fused-ring (bicyclic) bond motifs is 5. The van der Waals surface area contributed by atoms with Crippen LogP contribution in [0.2, 0.25) is 25.1 Å².